The van der Waals surface area contributed by atoms with Crippen LogP contribution in [0.3, 0.4) is 0 Å². The zero-order valence-corrected chi connectivity index (χ0v) is 16.1. The molecule has 0 fully saturated rings. The second-order valence-corrected chi connectivity index (χ2v) is 7.73. The number of benzene rings is 2. The summed E-state index contributed by atoms with van der Waals surface area (Å²) in [4.78, 5) is 23.5. The summed E-state index contributed by atoms with van der Waals surface area (Å²) < 4.78 is 13.9. The van der Waals surface area contributed by atoms with Crippen LogP contribution in [-0.4, -0.2) is 25.1 Å². The number of hydrogen-bond donors (Lipinski definition) is 2. The van der Waals surface area contributed by atoms with E-state index in [2.05, 4.69) is 25.1 Å². The molecule has 0 unspecified atom stereocenters. The van der Waals surface area contributed by atoms with Crippen molar-refractivity contribution in [2.75, 3.05) is 0 Å². The molecule has 3 heterocycles. The summed E-state index contributed by atoms with van der Waals surface area (Å²) in [5.74, 6) is -0.428. The van der Waals surface area contributed by atoms with Crippen molar-refractivity contribution in [2.24, 2.45) is 0 Å². The minimum absolute atomic E-state index is 0.159. The number of hydrogen-bond acceptors (Lipinski definition) is 5. The lowest BCUT2D eigenvalue weighted by Crippen LogP contribution is -2.05. The SMILES string of the molecule is O=c1[nH]ccc2c3[nH]c(Sc4c(Cl)cnnc4Cl)nc3c3ccc(F)cc3c12. The number of halogens is 3. The van der Waals surface area contributed by atoms with E-state index >= 15 is 0 Å². The predicted molar refractivity (Wildman–Crippen MR) is 108 cm³/mol. The molecule has 2 aromatic carbocycles. The number of pyridine rings is 1. The standard InChI is InChI=1S/C18H8Cl2FN5OS/c19-11-6-23-26-16(20)15(11)28-18-24-13-8-2-1-7(21)5-10(8)12-9(14(13)25-18)3-4-22-17(12)27/h1-6H,(H,22,27)(H,24,25). The van der Waals surface area contributed by atoms with E-state index < -0.39 is 5.82 Å². The average Bonchev–Trinajstić information content (AvgIpc) is 3.09. The van der Waals surface area contributed by atoms with E-state index in [4.69, 9.17) is 23.2 Å². The summed E-state index contributed by atoms with van der Waals surface area (Å²) in [5.41, 5.74) is 0.977. The monoisotopic (exact) mass is 431 g/mol. The fraction of sp³-hybridized carbons (Fsp3) is 0. The fourth-order valence-electron chi connectivity index (χ4n) is 3.19. The summed E-state index contributed by atoms with van der Waals surface area (Å²) in [6, 6.07) is 6.05. The first-order valence-electron chi connectivity index (χ1n) is 8.00. The number of nitrogens with one attached hydrogen (secondary N) is 2. The van der Waals surface area contributed by atoms with E-state index in [0.717, 1.165) is 0 Å². The van der Waals surface area contributed by atoms with Gasteiger partial charge >= 0.3 is 0 Å². The van der Waals surface area contributed by atoms with Crippen molar-refractivity contribution in [3.8, 4) is 0 Å². The normalized spacial score (nSPS) is 11.7. The number of imidazole rings is 1. The van der Waals surface area contributed by atoms with E-state index in [1.807, 2.05) is 0 Å². The highest BCUT2D eigenvalue weighted by Crippen LogP contribution is 2.39. The Kier molecular flexibility index (Phi) is 4.01. The molecule has 0 radical (unpaired) electrons. The Hall–Kier alpha value is -2.68. The highest BCUT2D eigenvalue weighted by molar-refractivity contribution is 7.99. The third kappa shape index (κ3) is 2.64. The number of nitrogens with zero attached hydrogens (tertiary/aromatic N) is 3. The molecule has 0 saturated heterocycles. The van der Waals surface area contributed by atoms with Gasteiger partial charge in [0.05, 0.1) is 32.5 Å². The van der Waals surface area contributed by atoms with Crippen molar-refractivity contribution in [2.45, 2.75) is 10.1 Å². The van der Waals surface area contributed by atoms with E-state index in [1.165, 1.54) is 30.1 Å². The van der Waals surface area contributed by atoms with Gasteiger partial charge in [0.15, 0.2) is 10.3 Å². The number of H-pyrrole nitrogens is 2. The summed E-state index contributed by atoms with van der Waals surface area (Å²) >= 11 is 13.5. The molecule has 3 aromatic heterocycles. The molecule has 0 aliphatic carbocycles. The second-order valence-electron chi connectivity index (χ2n) is 5.97. The summed E-state index contributed by atoms with van der Waals surface area (Å²) in [6.45, 7) is 0. The Bertz CT molecular complexity index is 1450. The molecule has 0 aliphatic heterocycles. The van der Waals surface area contributed by atoms with Crippen LogP contribution in [0.1, 0.15) is 0 Å². The van der Waals surface area contributed by atoms with Gasteiger partial charge in [-0.1, -0.05) is 23.2 Å². The lowest BCUT2D eigenvalue weighted by molar-refractivity contribution is 0.630. The molecular formula is C18H8Cl2FN5OS. The number of rotatable bonds is 2. The largest absolute Gasteiger partial charge is 0.332 e. The third-order valence-corrected chi connectivity index (χ3v) is 6.12. The van der Waals surface area contributed by atoms with Crippen molar-refractivity contribution in [1.29, 1.82) is 0 Å². The van der Waals surface area contributed by atoms with Gasteiger partial charge in [0.1, 0.15) is 5.82 Å². The van der Waals surface area contributed by atoms with E-state index in [-0.39, 0.29) is 10.7 Å². The van der Waals surface area contributed by atoms with Crippen LogP contribution < -0.4 is 5.56 Å². The first kappa shape index (κ1) is 17.4. The molecule has 5 rings (SSSR count). The fourth-order valence-corrected chi connectivity index (χ4v) is 4.51. The van der Waals surface area contributed by atoms with Gasteiger partial charge in [-0.2, -0.15) is 5.10 Å². The van der Waals surface area contributed by atoms with Gasteiger partial charge in [-0.3, -0.25) is 4.79 Å². The molecule has 0 bridgehead atoms. The predicted octanol–water partition coefficient (Wildman–Crippen LogP) is 4.94. The van der Waals surface area contributed by atoms with Crippen molar-refractivity contribution < 1.29 is 4.39 Å². The van der Waals surface area contributed by atoms with Crippen LogP contribution in [0.15, 0.2) is 51.5 Å². The van der Waals surface area contributed by atoms with Gasteiger partial charge in [0, 0.05) is 22.4 Å². The smallest absolute Gasteiger partial charge is 0.256 e. The van der Waals surface area contributed by atoms with Crippen molar-refractivity contribution in [3.05, 3.63) is 63.0 Å². The first-order valence-corrected chi connectivity index (χ1v) is 9.57. The molecule has 6 nitrogen and oxygen atoms in total. The highest BCUT2D eigenvalue weighted by Gasteiger charge is 2.18. The minimum Gasteiger partial charge on any atom is -0.332 e. The topological polar surface area (TPSA) is 87.3 Å². The molecule has 28 heavy (non-hydrogen) atoms. The van der Waals surface area contributed by atoms with Gasteiger partial charge in [-0.15, -0.1) is 5.10 Å². The minimum atomic E-state index is -0.428. The number of fused-ring (bicyclic) bond motifs is 6. The zero-order valence-electron chi connectivity index (χ0n) is 13.8. The van der Waals surface area contributed by atoms with Crippen LogP contribution >= 0.6 is 35.0 Å². The molecule has 10 heteroatoms. The van der Waals surface area contributed by atoms with Gasteiger partial charge in [0.25, 0.3) is 5.56 Å². The van der Waals surface area contributed by atoms with Crippen LogP contribution in [0, 0.1) is 5.82 Å². The molecule has 5 aromatic rings. The Balaban J connectivity index is 1.85. The molecule has 0 aliphatic rings. The number of aromatic amines is 2. The second kappa shape index (κ2) is 6.44. The first-order chi connectivity index (χ1) is 13.5. The van der Waals surface area contributed by atoms with Crippen LogP contribution in [0.2, 0.25) is 10.2 Å². The quantitative estimate of drug-likeness (QED) is 0.386. The molecule has 0 spiro atoms. The molecule has 0 saturated carbocycles. The Morgan fingerprint density at radius 1 is 1.11 bits per heavy atom. The molecule has 138 valence electrons. The van der Waals surface area contributed by atoms with Crippen LogP contribution in [-0.2, 0) is 0 Å². The average molecular weight is 432 g/mol. The Morgan fingerprint density at radius 2 is 1.96 bits per heavy atom. The van der Waals surface area contributed by atoms with Gasteiger partial charge < -0.3 is 9.97 Å². The Morgan fingerprint density at radius 3 is 2.79 bits per heavy atom. The van der Waals surface area contributed by atoms with Crippen LogP contribution in [0.4, 0.5) is 4.39 Å². The van der Waals surface area contributed by atoms with Gasteiger partial charge in [-0.05, 0) is 36.0 Å². The summed E-state index contributed by atoms with van der Waals surface area (Å²) in [6.07, 6.45) is 2.94. The maximum Gasteiger partial charge on any atom is 0.256 e. The van der Waals surface area contributed by atoms with E-state index in [9.17, 15) is 9.18 Å². The van der Waals surface area contributed by atoms with Crippen LogP contribution in [0.5, 0.6) is 0 Å². The molecule has 2 N–H and O–H groups in total. The van der Waals surface area contributed by atoms with Crippen molar-refractivity contribution >= 4 is 67.5 Å². The number of aromatic nitrogens is 5. The zero-order chi connectivity index (χ0) is 19.4. The Labute approximate surface area is 170 Å². The highest BCUT2D eigenvalue weighted by atomic mass is 35.5. The van der Waals surface area contributed by atoms with Crippen molar-refractivity contribution in [3.63, 3.8) is 0 Å². The maximum absolute atomic E-state index is 13.9. The van der Waals surface area contributed by atoms with Crippen molar-refractivity contribution in [1.82, 2.24) is 25.1 Å². The lowest BCUT2D eigenvalue weighted by atomic mass is 10.0. The molecule has 0 atom stereocenters. The molecule has 0 amide bonds. The maximum atomic E-state index is 13.9. The summed E-state index contributed by atoms with van der Waals surface area (Å²) in [7, 11) is 0. The summed E-state index contributed by atoms with van der Waals surface area (Å²) in [5, 5.41) is 10.7. The lowest BCUT2D eigenvalue weighted by Gasteiger charge is -2.05. The molecular weight excluding hydrogens is 424 g/mol. The van der Waals surface area contributed by atoms with Crippen LogP contribution in [0.25, 0.3) is 32.6 Å². The third-order valence-electron chi connectivity index (χ3n) is 4.34. The van der Waals surface area contributed by atoms with Gasteiger partial charge in [0.2, 0.25) is 0 Å². The van der Waals surface area contributed by atoms with Gasteiger partial charge in [-0.25, -0.2) is 9.37 Å². The van der Waals surface area contributed by atoms with E-state index in [0.29, 0.717) is 47.7 Å². The van der Waals surface area contributed by atoms with E-state index in [1.54, 1.807) is 18.3 Å².